The van der Waals surface area contributed by atoms with Crippen molar-refractivity contribution in [2.75, 3.05) is 26.7 Å². The lowest BCUT2D eigenvalue weighted by atomic mass is 9.99. The van der Waals surface area contributed by atoms with E-state index in [9.17, 15) is 5.11 Å². The van der Waals surface area contributed by atoms with Crippen molar-refractivity contribution in [3.63, 3.8) is 0 Å². The van der Waals surface area contributed by atoms with Crippen LogP contribution >= 0.6 is 0 Å². The minimum atomic E-state index is -0.397. The molecule has 0 fully saturated rings. The maximum Gasteiger partial charge on any atom is 0.118 e. The maximum atomic E-state index is 10.2. The van der Waals surface area contributed by atoms with Crippen molar-refractivity contribution in [2.45, 2.75) is 19.1 Å². The molecule has 5 heteroatoms. The fraction of sp³-hybridized carbons (Fsp3) is 0.389. The predicted molar refractivity (Wildman–Crippen MR) is 90.3 cm³/mol. The van der Waals surface area contributed by atoms with Gasteiger partial charge in [-0.3, -0.25) is 9.58 Å². The monoisotopic (exact) mass is 313 g/mol. The van der Waals surface area contributed by atoms with E-state index < -0.39 is 6.10 Å². The van der Waals surface area contributed by atoms with E-state index in [1.165, 1.54) is 11.1 Å². The van der Waals surface area contributed by atoms with Crippen molar-refractivity contribution in [3.8, 4) is 5.75 Å². The van der Waals surface area contributed by atoms with Crippen LogP contribution in [0.3, 0.4) is 0 Å². The summed E-state index contributed by atoms with van der Waals surface area (Å²) in [5.41, 5.74) is 2.62. The Bertz CT molecular complexity index is 635. The SMILES string of the molecule is COc1ccc(C2=CCN(C[C@H](O)Cn3cccn3)CC2)cc1. The predicted octanol–water partition coefficient (Wildman–Crippen LogP) is 2.04. The van der Waals surface area contributed by atoms with Crippen molar-refractivity contribution < 1.29 is 9.84 Å². The molecule has 122 valence electrons. The summed E-state index contributed by atoms with van der Waals surface area (Å²) in [5.74, 6) is 0.883. The van der Waals surface area contributed by atoms with Crippen LogP contribution in [0.2, 0.25) is 0 Å². The van der Waals surface area contributed by atoms with Gasteiger partial charge in [0.2, 0.25) is 0 Å². The van der Waals surface area contributed by atoms with Gasteiger partial charge in [-0.2, -0.15) is 5.10 Å². The summed E-state index contributed by atoms with van der Waals surface area (Å²) in [6.45, 7) is 3.05. The number of hydrogen-bond donors (Lipinski definition) is 1. The molecule has 2 aromatic rings. The van der Waals surface area contributed by atoms with Crippen LogP contribution in [-0.2, 0) is 6.54 Å². The van der Waals surface area contributed by atoms with Crippen LogP contribution in [-0.4, -0.2) is 52.6 Å². The molecule has 3 rings (SSSR count). The lowest BCUT2D eigenvalue weighted by Gasteiger charge is -2.28. The summed E-state index contributed by atoms with van der Waals surface area (Å²) in [5, 5.41) is 14.3. The van der Waals surface area contributed by atoms with E-state index in [1.807, 2.05) is 24.4 Å². The van der Waals surface area contributed by atoms with Gasteiger partial charge in [0.1, 0.15) is 5.75 Å². The van der Waals surface area contributed by atoms with Gasteiger partial charge in [-0.05, 0) is 35.8 Å². The highest BCUT2D eigenvalue weighted by Gasteiger charge is 2.16. The van der Waals surface area contributed by atoms with Gasteiger partial charge in [0, 0.05) is 32.0 Å². The Morgan fingerprint density at radius 2 is 2.09 bits per heavy atom. The molecule has 1 aromatic heterocycles. The van der Waals surface area contributed by atoms with E-state index in [0.717, 1.165) is 25.3 Å². The molecule has 1 N–H and O–H groups in total. The summed E-state index contributed by atoms with van der Waals surface area (Å²) in [6.07, 6.45) is 6.47. The van der Waals surface area contributed by atoms with Gasteiger partial charge in [0.15, 0.2) is 0 Å². The van der Waals surface area contributed by atoms with Gasteiger partial charge in [0.05, 0.1) is 19.8 Å². The average molecular weight is 313 g/mol. The zero-order valence-electron chi connectivity index (χ0n) is 13.4. The smallest absolute Gasteiger partial charge is 0.118 e. The quantitative estimate of drug-likeness (QED) is 0.887. The van der Waals surface area contributed by atoms with Crippen molar-refractivity contribution in [1.82, 2.24) is 14.7 Å². The molecule has 23 heavy (non-hydrogen) atoms. The van der Waals surface area contributed by atoms with Crippen LogP contribution in [0, 0.1) is 0 Å². The second kappa shape index (κ2) is 7.44. The Labute approximate surface area is 136 Å². The van der Waals surface area contributed by atoms with E-state index in [4.69, 9.17) is 4.74 Å². The topological polar surface area (TPSA) is 50.5 Å². The molecule has 0 bridgehead atoms. The third-order valence-electron chi connectivity index (χ3n) is 4.18. The maximum absolute atomic E-state index is 10.2. The molecule has 0 unspecified atom stereocenters. The summed E-state index contributed by atoms with van der Waals surface area (Å²) >= 11 is 0. The molecular formula is C18H23N3O2. The van der Waals surface area contributed by atoms with Gasteiger partial charge in [-0.1, -0.05) is 18.2 Å². The number of aliphatic hydroxyl groups excluding tert-OH is 1. The van der Waals surface area contributed by atoms with Crippen LogP contribution in [0.25, 0.3) is 5.57 Å². The number of benzene rings is 1. The lowest BCUT2D eigenvalue weighted by molar-refractivity contribution is 0.0997. The number of β-amino-alcohol motifs (C(OH)–C–C–N with tert-alkyl or cyclic N) is 1. The van der Waals surface area contributed by atoms with Crippen LogP contribution in [0.5, 0.6) is 5.75 Å². The van der Waals surface area contributed by atoms with E-state index in [-0.39, 0.29) is 0 Å². The van der Waals surface area contributed by atoms with Gasteiger partial charge in [-0.25, -0.2) is 0 Å². The largest absolute Gasteiger partial charge is 0.497 e. The van der Waals surface area contributed by atoms with Crippen LogP contribution in [0.15, 0.2) is 48.8 Å². The Kier molecular flexibility index (Phi) is 5.10. The second-order valence-corrected chi connectivity index (χ2v) is 5.85. The van der Waals surface area contributed by atoms with Crippen LogP contribution in [0.4, 0.5) is 0 Å². The van der Waals surface area contributed by atoms with E-state index >= 15 is 0 Å². The van der Waals surface area contributed by atoms with Crippen molar-refractivity contribution >= 4 is 5.57 Å². The zero-order valence-corrected chi connectivity index (χ0v) is 13.4. The van der Waals surface area contributed by atoms with Crippen LogP contribution < -0.4 is 4.74 Å². The minimum Gasteiger partial charge on any atom is -0.497 e. The molecule has 0 amide bonds. The molecule has 5 nitrogen and oxygen atoms in total. The van der Waals surface area contributed by atoms with E-state index in [0.29, 0.717) is 13.1 Å². The summed E-state index contributed by atoms with van der Waals surface area (Å²) < 4.78 is 6.97. The number of aromatic nitrogens is 2. The zero-order chi connectivity index (χ0) is 16.1. The molecule has 1 aromatic carbocycles. The van der Waals surface area contributed by atoms with Gasteiger partial charge in [0.25, 0.3) is 0 Å². The standard InChI is InChI=1S/C18H23N3O2/c1-23-18-5-3-15(4-6-18)16-7-11-20(12-8-16)13-17(22)14-21-10-2-9-19-21/h2-7,9-10,17,22H,8,11-14H2,1H3/t17-/m0/s1. The fourth-order valence-corrected chi connectivity index (χ4v) is 2.92. The highest BCUT2D eigenvalue weighted by molar-refractivity contribution is 5.67. The molecule has 1 aliphatic rings. The first-order valence-corrected chi connectivity index (χ1v) is 7.96. The fourth-order valence-electron chi connectivity index (χ4n) is 2.92. The minimum absolute atomic E-state index is 0.397. The third-order valence-corrected chi connectivity index (χ3v) is 4.18. The number of ether oxygens (including phenoxy) is 1. The number of hydrogen-bond acceptors (Lipinski definition) is 4. The first kappa shape index (κ1) is 15.8. The lowest BCUT2D eigenvalue weighted by Crippen LogP contribution is -2.37. The van der Waals surface area contributed by atoms with Crippen molar-refractivity contribution in [2.24, 2.45) is 0 Å². The normalized spacial score (nSPS) is 16.9. The second-order valence-electron chi connectivity index (χ2n) is 5.85. The van der Waals surface area contributed by atoms with Crippen molar-refractivity contribution in [3.05, 3.63) is 54.4 Å². The number of rotatable bonds is 6. The molecule has 1 aliphatic heterocycles. The Morgan fingerprint density at radius 1 is 1.26 bits per heavy atom. The molecule has 0 radical (unpaired) electrons. The molecule has 0 saturated heterocycles. The average Bonchev–Trinajstić information content (AvgIpc) is 3.08. The number of methoxy groups -OCH3 is 1. The molecule has 1 atom stereocenters. The van der Waals surface area contributed by atoms with E-state index in [2.05, 4.69) is 28.2 Å². The molecule has 0 spiro atoms. The number of aliphatic hydroxyl groups is 1. The molecule has 0 aliphatic carbocycles. The summed E-state index contributed by atoms with van der Waals surface area (Å²) in [7, 11) is 1.68. The Hall–Kier alpha value is -2.11. The molecular weight excluding hydrogens is 290 g/mol. The highest BCUT2D eigenvalue weighted by atomic mass is 16.5. The first-order valence-electron chi connectivity index (χ1n) is 7.96. The van der Waals surface area contributed by atoms with Gasteiger partial charge in [-0.15, -0.1) is 0 Å². The number of nitrogens with zero attached hydrogens (tertiary/aromatic N) is 3. The van der Waals surface area contributed by atoms with Gasteiger partial charge >= 0.3 is 0 Å². The summed E-state index contributed by atoms with van der Waals surface area (Å²) in [6, 6.07) is 10.1. The molecule has 0 saturated carbocycles. The first-order chi connectivity index (χ1) is 11.2. The Morgan fingerprint density at radius 3 is 2.70 bits per heavy atom. The van der Waals surface area contributed by atoms with E-state index in [1.54, 1.807) is 18.0 Å². The van der Waals surface area contributed by atoms with Gasteiger partial charge < -0.3 is 9.84 Å². The summed E-state index contributed by atoms with van der Waals surface area (Å²) in [4.78, 5) is 2.28. The van der Waals surface area contributed by atoms with Crippen LogP contribution in [0.1, 0.15) is 12.0 Å². The molecule has 2 heterocycles. The van der Waals surface area contributed by atoms with Crippen molar-refractivity contribution in [1.29, 1.82) is 0 Å². The third kappa shape index (κ3) is 4.21. The Balaban J connectivity index is 1.53. The highest BCUT2D eigenvalue weighted by Crippen LogP contribution is 2.24.